The zero-order valence-electron chi connectivity index (χ0n) is 8.56. The molecule has 2 aromatic heterocycles. The molecule has 0 bridgehead atoms. The van der Waals surface area contributed by atoms with Gasteiger partial charge in [-0.25, -0.2) is 4.98 Å². The van der Waals surface area contributed by atoms with Crippen LogP contribution in [-0.2, 0) is 6.54 Å². The summed E-state index contributed by atoms with van der Waals surface area (Å²) in [6.45, 7) is 0.660. The first kappa shape index (κ1) is 11.0. The van der Waals surface area contributed by atoms with Gasteiger partial charge in [0.1, 0.15) is 0 Å². The van der Waals surface area contributed by atoms with Crippen molar-refractivity contribution in [1.82, 2.24) is 15.2 Å². The minimum absolute atomic E-state index is 0.610. The van der Waals surface area contributed by atoms with Crippen LogP contribution in [0.3, 0.4) is 0 Å². The lowest BCUT2D eigenvalue weighted by molar-refractivity contribution is 0.397. The van der Waals surface area contributed by atoms with Crippen LogP contribution in [0.4, 0.5) is 5.13 Å². The first-order chi connectivity index (χ1) is 7.78. The van der Waals surface area contributed by atoms with E-state index >= 15 is 0 Å². The highest BCUT2D eigenvalue weighted by Gasteiger charge is 1.98. The number of aromatic amines is 1. The highest BCUT2D eigenvalue weighted by molar-refractivity contribution is 7.73. The van der Waals surface area contributed by atoms with E-state index in [-0.39, 0.29) is 0 Å². The molecule has 0 atom stereocenters. The fraction of sp³-hybridized carbons (Fsp3) is 0.222. The normalized spacial score (nSPS) is 10.1. The van der Waals surface area contributed by atoms with Crippen LogP contribution in [0.1, 0.15) is 5.56 Å². The largest absolute Gasteiger partial charge is 0.481 e. The number of rotatable bonds is 4. The molecule has 16 heavy (non-hydrogen) atoms. The molecule has 5 nitrogen and oxygen atoms in total. The Morgan fingerprint density at radius 2 is 2.44 bits per heavy atom. The Labute approximate surface area is 102 Å². The van der Waals surface area contributed by atoms with Crippen molar-refractivity contribution in [2.45, 2.75) is 6.54 Å². The van der Waals surface area contributed by atoms with Crippen molar-refractivity contribution in [2.24, 2.45) is 0 Å². The average molecular weight is 254 g/mol. The number of nitrogens with one attached hydrogen (secondary N) is 2. The molecule has 2 heterocycles. The molecule has 0 amide bonds. The van der Waals surface area contributed by atoms with Gasteiger partial charge in [0.15, 0.2) is 3.95 Å². The van der Waals surface area contributed by atoms with Crippen LogP contribution in [0.15, 0.2) is 18.3 Å². The summed E-state index contributed by atoms with van der Waals surface area (Å²) in [4.78, 5) is 4.11. The summed E-state index contributed by atoms with van der Waals surface area (Å²) in [6.07, 6.45) is 1.76. The Morgan fingerprint density at radius 1 is 1.56 bits per heavy atom. The van der Waals surface area contributed by atoms with Crippen molar-refractivity contribution in [3.8, 4) is 5.88 Å². The van der Waals surface area contributed by atoms with Gasteiger partial charge in [-0.1, -0.05) is 17.4 Å². The first-order valence-electron chi connectivity index (χ1n) is 4.56. The van der Waals surface area contributed by atoms with Crippen LogP contribution in [0.25, 0.3) is 0 Å². The molecule has 0 aliphatic rings. The topological polar surface area (TPSA) is 62.8 Å². The summed E-state index contributed by atoms with van der Waals surface area (Å²) in [5, 5.41) is 10.6. The van der Waals surface area contributed by atoms with E-state index in [0.29, 0.717) is 16.4 Å². The number of hydrogen-bond acceptors (Lipinski definition) is 6. The molecule has 7 heteroatoms. The van der Waals surface area contributed by atoms with E-state index < -0.39 is 0 Å². The summed E-state index contributed by atoms with van der Waals surface area (Å²) in [7, 11) is 1.59. The maximum atomic E-state index is 4.97. The third kappa shape index (κ3) is 2.77. The number of H-pyrrole nitrogens is 1. The third-order valence-corrected chi connectivity index (χ3v) is 2.94. The Morgan fingerprint density at radius 3 is 3.00 bits per heavy atom. The molecule has 0 radical (unpaired) electrons. The SMILES string of the molecule is COc1ccc(CNc2n[nH]c(=S)s2)cn1. The number of pyridine rings is 1. The van der Waals surface area contributed by atoms with Gasteiger partial charge >= 0.3 is 0 Å². The monoisotopic (exact) mass is 254 g/mol. The summed E-state index contributed by atoms with van der Waals surface area (Å²) in [5.74, 6) is 0.610. The Hall–Kier alpha value is -1.47. The molecule has 0 fully saturated rings. The lowest BCUT2D eigenvalue weighted by Crippen LogP contribution is -1.99. The van der Waals surface area contributed by atoms with Gasteiger partial charge in [0.05, 0.1) is 7.11 Å². The van der Waals surface area contributed by atoms with Crippen molar-refractivity contribution < 1.29 is 4.74 Å². The van der Waals surface area contributed by atoms with Crippen molar-refractivity contribution >= 4 is 28.7 Å². The van der Waals surface area contributed by atoms with Crippen LogP contribution in [0.5, 0.6) is 5.88 Å². The Bertz CT molecular complexity index is 505. The van der Waals surface area contributed by atoms with Gasteiger partial charge in [-0.2, -0.15) is 0 Å². The summed E-state index contributed by atoms with van der Waals surface area (Å²) >= 11 is 6.33. The van der Waals surface area contributed by atoms with Gasteiger partial charge in [-0.15, -0.1) is 5.10 Å². The summed E-state index contributed by atoms with van der Waals surface area (Å²) in [6, 6.07) is 3.77. The van der Waals surface area contributed by atoms with Gasteiger partial charge < -0.3 is 10.1 Å². The molecule has 2 aromatic rings. The number of hydrogen-bond donors (Lipinski definition) is 2. The number of nitrogens with zero attached hydrogens (tertiary/aromatic N) is 2. The zero-order chi connectivity index (χ0) is 11.4. The van der Waals surface area contributed by atoms with Crippen molar-refractivity contribution in [3.63, 3.8) is 0 Å². The minimum Gasteiger partial charge on any atom is -0.481 e. The van der Waals surface area contributed by atoms with Crippen molar-refractivity contribution in [1.29, 1.82) is 0 Å². The van der Waals surface area contributed by atoms with Gasteiger partial charge in [0, 0.05) is 18.8 Å². The second-order valence-corrected chi connectivity index (χ2v) is 4.65. The smallest absolute Gasteiger partial charge is 0.212 e. The highest BCUT2D eigenvalue weighted by atomic mass is 32.1. The number of anilines is 1. The predicted molar refractivity (Wildman–Crippen MR) is 65.4 cm³/mol. The summed E-state index contributed by atoms with van der Waals surface area (Å²) < 4.78 is 5.64. The number of methoxy groups -OCH3 is 1. The minimum atomic E-state index is 0.610. The molecule has 2 N–H and O–H groups in total. The van der Waals surface area contributed by atoms with E-state index in [1.54, 1.807) is 13.3 Å². The van der Waals surface area contributed by atoms with E-state index in [2.05, 4.69) is 20.5 Å². The molecule has 0 aliphatic heterocycles. The van der Waals surface area contributed by atoms with Crippen LogP contribution in [-0.4, -0.2) is 22.3 Å². The zero-order valence-corrected chi connectivity index (χ0v) is 10.2. The van der Waals surface area contributed by atoms with Crippen LogP contribution in [0, 0.1) is 3.95 Å². The van der Waals surface area contributed by atoms with Crippen molar-refractivity contribution in [3.05, 3.63) is 27.8 Å². The number of aromatic nitrogens is 3. The maximum absolute atomic E-state index is 4.97. The molecular formula is C9H10N4OS2. The average Bonchev–Trinajstić information content (AvgIpc) is 2.73. The molecular weight excluding hydrogens is 244 g/mol. The lowest BCUT2D eigenvalue weighted by atomic mass is 10.3. The summed E-state index contributed by atoms with van der Waals surface area (Å²) in [5.41, 5.74) is 1.06. The van der Waals surface area contributed by atoms with E-state index in [1.807, 2.05) is 12.1 Å². The molecule has 2 rings (SSSR count). The molecule has 0 unspecified atom stereocenters. The van der Waals surface area contributed by atoms with Gasteiger partial charge in [-0.3, -0.25) is 5.10 Å². The van der Waals surface area contributed by atoms with E-state index in [9.17, 15) is 0 Å². The molecule has 84 valence electrons. The first-order valence-corrected chi connectivity index (χ1v) is 5.78. The maximum Gasteiger partial charge on any atom is 0.212 e. The molecule has 0 aromatic carbocycles. The molecule has 0 aliphatic carbocycles. The molecule has 0 saturated heterocycles. The fourth-order valence-corrected chi connectivity index (χ4v) is 1.90. The van der Waals surface area contributed by atoms with E-state index in [0.717, 1.165) is 10.7 Å². The quantitative estimate of drug-likeness (QED) is 0.819. The Kier molecular flexibility index (Phi) is 3.47. The van der Waals surface area contributed by atoms with Crippen LogP contribution in [0.2, 0.25) is 0 Å². The third-order valence-electron chi connectivity index (χ3n) is 1.89. The Balaban J connectivity index is 1.96. The molecule has 0 spiro atoms. The second-order valence-electron chi connectivity index (χ2n) is 2.98. The highest BCUT2D eigenvalue weighted by Crippen LogP contribution is 2.13. The van der Waals surface area contributed by atoms with Crippen LogP contribution < -0.4 is 10.1 Å². The van der Waals surface area contributed by atoms with Gasteiger partial charge in [-0.05, 0) is 17.8 Å². The number of ether oxygens (including phenoxy) is 1. The standard InChI is InChI=1S/C9H10N4OS2/c1-14-7-3-2-6(4-10-7)5-11-8-12-13-9(15)16-8/h2-4H,5H2,1H3,(H,11,12)(H,13,15). The fourth-order valence-electron chi connectivity index (χ4n) is 1.12. The lowest BCUT2D eigenvalue weighted by Gasteiger charge is -2.02. The van der Waals surface area contributed by atoms with E-state index in [1.165, 1.54) is 11.3 Å². The van der Waals surface area contributed by atoms with Gasteiger partial charge in [0.25, 0.3) is 0 Å². The predicted octanol–water partition coefficient (Wildman–Crippen LogP) is 2.22. The molecule has 0 saturated carbocycles. The van der Waals surface area contributed by atoms with E-state index in [4.69, 9.17) is 17.0 Å². The van der Waals surface area contributed by atoms with Gasteiger partial charge in [0.2, 0.25) is 11.0 Å². The van der Waals surface area contributed by atoms with Crippen molar-refractivity contribution in [2.75, 3.05) is 12.4 Å². The van der Waals surface area contributed by atoms with Crippen LogP contribution >= 0.6 is 23.6 Å². The second kappa shape index (κ2) is 5.04.